The number of carbonyl (C=O) groups is 2. The first-order valence-corrected chi connectivity index (χ1v) is 9.61. The Morgan fingerprint density at radius 1 is 1.07 bits per heavy atom. The molecule has 3 rings (SSSR count). The third-order valence-corrected chi connectivity index (χ3v) is 5.88. The quantitative estimate of drug-likeness (QED) is 0.326. The molecule has 0 aromatic heterocycles. The van der Waals surface area contributed by atoms with Gasteiger partial charge in [-0.15, -0.1) is 0 Å². The van der Waals surface area contributed by atoms with E-state index in [9.17, 15) is 23.1 Å². The summed E-state index contributed by atoms with van der Waals surface area (Å²) >= 11 is 0. The summed E-state index contributed by atoms with van der Waals surface area (Å²) in [6, 6.07) is 9.46. The summed E-state index contributed by atoms with van der Waals surface area (Å²) in [5, 5.41) is 12.1. The molecule has 2 aromatic carbocycles. The van der Waals surface area contributed by atoms with E-state index in [-0.39, 0.29) is 28.5 Å². The number of hydrogen-bond donors (Lipinski definition) is 4. The summed E-state index contributed by atoms with van der Waals surface area (Å²) in [5.41, 5.74) is 12.4. The number of nitrogens with zero attached hydrogens (tertiary/aromatic N) is 1. The standard InChI is InChI=1S/C18H18N4O5S/c19-13-1-4-15(5-2-13)28(26,27)22-10-17(24)21-9-12(18(22)25)7-11-8-14(23)3-6-16(11)20/h1-8,23H,9-10,19-20H2,(H,21,24)/b12-7+. The zero-order valence-electron chi connectivity index (χ0n) is 14.6. The van der Waals surface area contributed by atoms with Crippen LogP contribution < -0.4 is 16.8 Å². The van der Waals surface area contributed by atoms with Crippen LogP contribution >= 0.6 is 0 Å². The largest absolute Gasteiger partial charge is 0.508 e. The maximum absolute atomic E-state index is 12.9. The monoisotopic (exact) mass is 402 g/mol. The number of aromatic hydroxyl groups is 1. The summed E-state index contributed by atoms with van der Waals surface area (Å²) < 4.78 is 26.3. The minimum Gasteiger partial charge on any atom is -0.508 e. The molecule has 0 radical (unpaired) electrons. The number of hydrogen-bond acceptors (Lipinski definition) is 7. The molecule has 0 saturated carbocycles. The average Bonchev–Trinajstić information content (AvgIpc) is 2.79. The Bertz CT molecular complexity index is 1080. The van der Waals surface area contributed by atoms with Crippen LogP contribution in [-0.4, -0.2) is 42.7 Å². The minimum absolute atomic E-state index is 0.00201. The van der Waals surface area contributed by atoms with Gasteiger partial charge >= 0.3 is 0 Å². The van der Waals surface area contributed by atoms with Gasteiger partial charge in [-0.25, -0.2) is 12.7 Å². The van der Waals surface area contributed by atoms with Crippen LogP contribution in [0.4, 0.5) is 11.4 Å². The SMILES string of the molecule is Nc1ccc(S(=O)(=O)N2CC(=O)NC/C(=C\c3cc(O)ccc3N)C2=O)cc1. The third kappa shape index (κ3) is 3.76. The van der Waals surface area contributed by atoms with Gasteiger partial charge in [0.05, 0.1) is 4.90 Å². The first-order valence-electron chi connectivity index (χ1n) is 8.17. The van der Waals surface area contributed by atoms with Crippen molar-refractivity contribution >= 4 is 39.3 Å². The second kappa shape index (κ2) is 7.24. The molecule has 0 spiro atoms. The Morgan fingerprint density at radius 3 is 2.43 bits per heavy atom. The van der Waals surface area contributed by atoms with E-state index in [4.69, 9.17) is 11.5 Å². The van der Waals surface area contributed by atoms with E-state index in [1.54, 1.807) is 0 Å². The van der Waals surface area contributed by atoms with E-state index >= 15 is 0 Å². The van der Waals surface area contributed by atoms with Crippen LogP contribution in [0.1, 0.15) is 5.56 Å². The first kappa shape index (κ1) is 19.2. The molecule has 0 aliphatic carbocycles. The lowest BCUT2D eigenvalue weighted by Gasteiger charge is -2.20. The van der Waals surface area contributed by atoms with Crippen LogP contribution in [0, 0.1) is 0 Å². The lowest BCUT2D eigenvalue weighted by Crippen LogP contribution is -2.40. The molecule has 1 saturated heterocycles. The summed E-state index contributed by atoms with van der Waals surface area (Å²) in [4.78, 5) is 24.8. The van der Waals surface area contributed by atoms with E-state index in [0.717, 1.165) is 0 Å². The molecule has 1 heterocycles. The highest BCUT2D eigenvalue weighted by Crippen LogP contribution is 2.24. The van der Waals surface area contributed by atoms with Crippen molar-refractivity contribution in [3.8, 4) is 5.75 Å². The maximum atomic E-state index is 12.9. The lowest BCUT2D eigenvalue weighted by atomic mass is 10.1. The van der Waals surface area contributed by atoms with Gasteiger partial charge in [0, 0.05) is 29.1 Å². The molecule has 0 atom stereocenters. The van der Waals surface area contributed by atoms with Gasteiger partial charge < -0.3 is 21.9 Å². The van der Waals surface area contributed by atoms with Crippen LogP contribution in [0.25, 0.3) is 6.08 Å². The fourth-order valence-corrected chi connectivity index (χ4v) is 3.99. The molecule has 1 aliphatic rings. The van der Waals surface area contributed by atoms with Gasteiger partial charge in [-0.05, 0) is 48.5 Å². The number of anilines is 2. The summed E-state index contributed by atoms with van der Waals surface area (Å²) in [5.74, 6) is -1.56. The molecular formula is C18H18N4O5S. The summed E-state index contributed by atoms with van der Waals surface area (Å²) in [6.07, 6.45) is 1.34. The fraction of sp³-hybridized carbons (Fsp3) is 0.111. The van der Waals surface area contributed by atoms with Crippen molar-refractivity contribution in [2.75, 3.05) is 24.6 Å². The Kier molecular flexibility index (Phi) is 4.97. The minimum atomic E-state index is -4.28. The van der Waals surface area contributed by atoms with Crippen LogP contribution in [0.15, 0.2) is 52.9 Å². The van der Waals surface area contributed by atoms with Crippen LogP contribution in [0.5, 0.6) is 5.75 Å². The van der Waals surface area contributed by atoms with E-state index in [1.165, 1.54) is 48.5 Å². The predicted molar refractivity (Wildman–Crippen MR) is 103 cm³/mol. The molecule has 0 bridgehead atoms. The van der Waals surface area contributed by atoms with Gasteiger partial charge in [0.1, 0.15) is 12.3 Å². The normalized spacial score (nSPS) is 16.7. The van der Waals surface area contributed by atoms with Gasteiger partial charge in [-0.1, -0.05) is 0 Å². The molecule has 6 N–H and O–H groups in total. The number of carbonyl (C=O) groups excluding carboxylic acids is 2. The number of phenols is 1. The second-order valence-corrected chi connectivity index (χ2v) is 8.01. The van der Waals surface area contributed by atoms with Crippen molar-refractivity contribution in [2.45, 2.75) is 4.90 Å². The van der Waals surface area contributed by atoms with Gasteiger partial charge in [0.15, 0.2) is 0 Å². The van der Waals surface area contributed by atoms with Crippen molar-refractivity contribution in [1.82, 2.24) is 9.62 Å². The Morgan fingerprint density at radius 2 is 1.75 bits per heavy atom. The molecule has 2 aromatic rings. The smallest absolute Gasteiger partial charge is 0.267 e. The number of phenolic OH excluding ortho intramolecular Hbond substituents is 1. The number of amides is 2. The van der Waals surface area contributed by atoms with Crippen molar-refractivity contribution in [3.05, 3.63) is 53.6 Å². The molecule has 9 nitrogen and oxygen atoms in total. The molecule has 1 aliphatic heterocycles. The molecule has 1 fully saturated rings. The van der Waals surface area contributed by atoms with E-state index in [1.807, 2.05) is 0 Å². The molecular weight excluding hydrogens is 384 g/mol. The highest BCUT2D eigenvalue weighted by atomic mass is 32.2. The third-order valence-electron chi connectivity index (χ3n) is 4.13. The Hall–Kier alpha value is -3.53. The van der Waals surface area contributed by atoms with E-state index in [2.05, 4.69) is 5.32 Å². The molecule has 2 amide bonds. The number of sulfonamides is 1. The van der Waals surface area contributed by atoms with E-state index in [0.29, 0.717) is 15.6 Å². The fourth-order valence-electron chi connectivity index (χ4n) is 2.64. The number of rotatable bonds is 3. The predicted octanol–water partition coefficient (Wildman–Crippen LogP) is 0.287. The Labute approximate surface area is 161 Å². The van der Waals surface area contributed by atoms with Crippen LogP contribution in [-0.2, 0) is 19.6 Å². The lowest BCUT2D eigenvalue weighted by molar-refractivity contribution is -0.127. The van der Waals surface area contributed by atoms with Crippen molar-refractivity contribution in [1.29, 1.82) is 0 Å². The van der Waals surface area contributed by atoms with Gasteiger partial charge in [0.2, 0.25) is 5.91 Å². The van der Waals surface area contributed by atoms with Gasteiger partial charge in [-0.3, -0.25) is 9.59 Å². The summed E-state index contributed by atoms with van der Waals surface area (Å²) in [6.45, 7) is -0.834. The number of nitrogen functional groups attached to an aromatic ring is 2. The average molecular weight is 402 g/mol. The van der Waals surface area contributed by atoms with Crippen molar-refractivity contribution in [3.63, 3.8) is 0 Å². The molecule has 146 valence electrons. The molecule has 0 unspecified atom stereocenters. The zero-order chi connectivity index (χ0) is 20.5. The van der Waals surface area contributed by atoms with Gasteiger partial charge in [-0.2, -0.15) is 0 Å². The maximum Gasteiger partial charge on any atom is 0.267 e. The molecule has 28 heavy (non-hydrogen) atoms. The summed E-state index contributed by atoms with van der Waals surface area (Å²) in [7, 11) is -4.28. The number of nitrogens with one attached hydrogen (secondary N) is 1. The first-order chi connectivity index (χ1) is 13.2. The van der Waals surface area contributed by atoms with Crippen molar-refractivity contribution < 1.29 is 23.1 Å². The zero-order valence-corrected chi connectivity index (χ0v) is 15.4. The van der Waals surface area contributed by atoms with E-state index < -0.39 is 28.4 Å². The highest BCUT2D eigenvalue weighted by molar-refractivity contribution is 7.89. The number of benzene rings is 2. The highest BCUT2D eigenvalue weighted by Gasteiger charge is 2.35. The van der Waals surface area contributed by atoms with Crippen molar-refractivity contribution in [2.24, 2.45) is 0 Å². The van der Waals surface area contributed by atoms with Gasteiger partial charge in [0.25, 0.3) is 15.9 Å². The second-order valence-electron chi connectivity index (χ2n) is 6.15. The van der Waals surface area contributed by atoms with Crippen LogP contribution in [0.2, 0.25) is 0 Å². The number of nitrogens with two attached hydrogens (primary N) is 2. The molecule has 10 heteroatoms. The Balaban J connectivity index is 2.05. The van der Waals surface area contributed by atoms with Crippen LogP contribution in [0.3, 0.4) is 0 Å². The topological polar surface area (TPSA) is 156 Å².